The van der Waals surface area contributed by atoms with Gasteiger partial charge in [-0.1, -0.05) is 38.1 Å². The third kappa shape index (κ3) is 5.28. The Labute approximate surface area is 131 Å². The van der Waals surface area contributed by atoms with Crippen molar-refractivity contribution >= 4 is 6.29 Å². The van der Waals surface area contributed by atoms with Crippen LogP contribution in [0.25, 0.3) is 0 Å². The smallest absolute Gasteiger partial charge is 0.233 e. The zero-order valence-corrected chi connectivity index (χ0v) is 13.2. The topological polar surface area (TPSA) is 52.1 Å². The maximum Gasteiger partial charge on any atom is 0.233 e. The number of rotatable bonds is 8. The Morgan fingerprint density at radius 2 is 1.82 bits per heavy atom. The fraction of sp³-hybridized carbons (Fsp3) is 0.389. The van der Waals surface area contributed by atoms with Crippen LogP contribution in [0.5, 0.6) is 5.88 Å². The maximum absolute atomic E-state index is 10.6. The van der Waals surface area contributed by atoms with Gasteiger partial charge in [0.05, 0.1) is 12.3 Å². The number of hydrogen-bond donors (Lipinski definition) is 0. The summed E-state index contributed by atoms with van der Waals surface area (Å²) in [4.78, 5) is 10.6. The van der Waals surface area contributed by atoms with Crippen LogP contribution in [-0.2, 0) is 12.8 Å². The van der Waals surface area contributed by atoms with E-state index in [1.165, 1.54) is 5.56 Å². The van der Waals surface area contributed by atoms with Gasteiger partial charge in [-0.3, -0.25) is 4.79 Å². The summed E-state index contributed by atoms with van der Waals surface area (Å²) in [7, 11) is 0. The number of aldehydes is 1. The highest BCUT2D eigenvalue weighted by molar-refractivity contribution is 5.74. The first-order valence-corrected chi connectivity index (χ1v) is 7.67. The summed E-state index contributed by atoms with van der Waals surface area (Å²) < 4.78 is 5.55. The molecule has 0 radical (unpaired) electrons. The molecule has 0 fully saturated rings. The molecule has 4 nitrogen and oxygen atoms in total. The summed E-state index contributed by atoms with van der Waals surface area (Å²) in [6.45, 7) is 5.01. The lowest BCUT2D eigenvalue weighted by Gasteiger charge is -2.07. The molecule has 0 N–H and O–H groups in total. The molecule has 0 aliphatic rings. The predicted molar refractivity (Wildman–Crippen MR) is 86.2 cm³/mol. The highest BCUT2D eigenvalue weighted by Crippen LogP contribution is 2.10. The maximum atomic E-state index is 10.6. The summed E-state index contributed by atoms with van der Waals surface area (Å²) in [5.41, 5.74) is 2.83. The summed E-state index contributed by atoms with van der Waals surface area (Å²) in [5.74, 6) is 1.21. The molecule has 0 saturated heterocycles. The molecule has 0 aliphatic heterocycles. The number of aryl methyl sites for hydroxylation is 2. The van der Waals surface area contributed by atoms with Crippen LogP contribution in [0.4, 0.5) is 0 Å². The fourth-order valence-corrected chi connectivity index (χ4v) is 1.99. The van der Waals surface area contributed by atoms with E-state index in [1.807, 2.05) is 36.4 Å². The van der Waals surface area contributed by atoms with Gasteiger partial charge in [0, 0.05) is 11.6 Å². The fourth-order valence-electron chi connectivity index (χ4n) is 1.99. The van der Waals surface area contributed by atoms with Gasteiger partial charge < -0.3 is 4.74 Å². The van der Waals surface area contributed by atoms with Gasteiger partial charge in [-0.25, -0.2) is 0 Å². The second-order valence-electron chi connectivity index (χ2n) is 5.75. The van der Waals surface area contributed by atoms with Crippen molar-refractivity contribution in [2.45, 2.75) is 33.1 Å². The number of ether oxygens (including phenoxy) is 1. The predicted octanol–water partition coefficient (Wildman–Crippen LogP) is 3.50. The molecule has 0 amide bonds. The molecule has 0 atom stereocenters. The standard InChI is InChI=1S/C18H22N2O2/c1-14(2)11-12-22-18-10-9-17(19-20-18)8-7-15-3-5-16(13-21)6-4-15/h3-6,9-10,13-14H,7-8,11-12H2,1-2H3. The minimum atomic E-state index is 0.583. The number of carbonyl (C=O) groups excluding carboxylic acids is 1. The number of aromatic nitrogens is 2. The number of benzene rings is 1. The average molecular weight is 298 g/mol. The number of hydrogen-bond acceptors (Lipinski definition) is 4. The Morgan fingerprint density at radius 3 is 2.41 bits per heavy atom. The van der Waals surface area contributed by atoms with Crippen LogP contribution < -0.4 is 4.74 Å². The van der Waals surface area contributed by atoms with Gasteiger partial charge in [-0.15, -0.1) is 5.10 Å². The second kappa shape index (κ2) is 8.27. The highest BCUT2D eigenvalue weighted by atomic mass is 16.5. The van der Waals surface area contributed by atoms with Gasteiger partial charge in [-0.05, 0) is 36.8 Å². The summed E-state index contributed by atoms with van der Waals surface area (Å²) >= 11 is 0. The number of carbonyl (C=O) groups is 1. The first-order chi connectivity index (χ1) is 10.7. The van der Waals surface area contributed by atoms with E-state index in [2.05, 4.69) is 24.0 Å². The van der Waals surface area contributed by atoms with E-state index in [9.17, 15) is 4.79 Å². The van der Waals surface area contributed by atoms with E-state index in [0.29, 0.717) is 24.0 Å². The van der Waals surface area contributed by atoms with Crippen molar-refractivity contribution < 1.29 is 9.53 Å². The zero-order valence-electron chi connectivity index (χ0n) is 13.2. The van der Waals surface area contributed by atoms with Crippen LogP contribution in [0.15, 0.2) is 36.4 Å². The molecule has 2 rings (SSSR count). The van der Waals surface area contributed by atoms with Crippen LogP contribution in [0, 0.1) is 5.92 Å². The summed E-state index contributed by atoms with van der Waals surface area (Å²) in [6.07, 6.45) is 3.56. The first-order valence-electron chi connectivity index (χ1n) is 7.67. The molecule has 0 unspecified atom stereocenters. The van der Waals surface area contributed by atoms with Crippen LogP contribution in [0.2, 0.25) is 0 Å². The molecule has 116 valence electrons. The zero-order chi connectivity index (χ0) is 15.8. The summed E-state index contributed by atoms with van der Waals surface area (Å²) in [5, 5.41) is 8.29. The molecule has 2 aromatic rings. The first kappa shape index (κ1) is 16.1. The quantitative estimate of drug-likeness (QED) is 0.700. The lowest BCUT2D eigenvalue weighted by Crippen LogP contribution is -2.04. The van der Waals surface area contributed by atoms with Crippen LogP contribution in [0.1, 0.15) is 41.9 Å². The van der Waals surface area contributed by atoms with Gasteiger partial charge >= 0.3 is 0 Å². The lowest BCUT2D eigenvalue weighted by molar-refractivity contribution is 0.112. The van der Waals surface area contributed by atoms with Crippen molar-refractivity contribution in [2.75, 3.05) is 6.61 Å². The van der Waals surface area contributed by atoms with Crippen molar-refractivity contribution in [1.29, 1.82) is 0 Å². The number of nitrogens with zero attached hydrogens (tertiary/aromatic N) is 2. The van der Waals surface area contributed by atoms with Gasteiger partial charge in [0.15, 0.2) is 0 Å². The molecule has 1 heterocycles. The van der Waals surface area contributed by atoms with Crippen molar-refractivity contribution in [3.63, 3.8) is 0 Å². The molecule has 4 heteroatoms. The van der Waals surface area contributed by atoms with E-state index in [1.54, 1.807) is 0 Å². The molecule has 0 aliphatic carbocycles. The average Bonchev–Trinajstić information content (AvgIpc) is 2.54. The van der Waals surface area contributed by atoms with Crippen LogP contribution >= 0.6 is 0 Å². The second-order valence-corrected chi connectivity index (χ2v) is 5.75. The normalized spacial score (nSPS) is 10.7. The minimum absolute atomic E-state index is 0.583. The van der Waals surface area contributed by atoms with Crippen molar-refractivity contribution in [2.24, 2.45) is 5.92 Å². The van der Waals surface area contributed by atoms with Crippen molar-refractivity contribution in [3.8, 4) is 5.88 Å². The Balaban J connectivity index is 1.81. The third-order valence-electron chi connectivity index (χ3n) is 3.43. The van der Waals surface area contributed by atoms with Gasteiger partial charge in [-0.2, -0.15) is 5.10 Å². The Bertz CT molecular complexity index is 577. The Morgan fingerprint density at radius 1 is 1.05 bits per heavy atom. The van der Waals surface area contributed by atoms with E-state index in [-0.39, 0.29) is 0 Å². The van der Waals surface area contributed by atoms with Gasteiger partial charge in [0.25, 0.3) is 0 Å². The molecule has 0 saturated carbocycles. The largest absolute Gasteiger partial charge is 0.477 e. The molecular weight excluding hydrogens is 276 g/mol. The van der Waals surface area contributed by atoms with Crippen molar-refractivity contribution in [1.82, 2.24) is 10.2 Å². The molecule has 1 aromatic carbocycles. The van der Waals surface area contributed by atoms with E-state index < -0.39 is 0 Å². The third-order valence-corrected chi connectivity index (χ3v) is 3.43. The van der Waals surface area contributed by atoms with Crippen molar-refractivity contribution in [3.05, 3.63) is 53.2 Å². The Hall–Kier alpha value is -2.23. The van der Waals surface area contributed by atoms with Gasteiger partial charge in [0.2, 0.25) is 5.88 Å². The Kier molecular flexibility index (Phi) is 6.07. The van der Waals surface area contributed by atoms with Gasteiger partial charge in [0.1, 0.15) is 6.29 Å². The van der Waals surface area contributed by atoms with Crippen LogP contribution in [-0.4, -0.2) is 23.1 Å². The minimum Gasteiger partial charge on any atom is -0.477 e. The lowest BCUT2D eigenvalue weighted by atomic mass is 10.1. The molecular formula is C18H22N2O2. The summed E-state index contributed by atoms with van der Waals surface area (Å²) in [6, 6.07) is 11.4. The monoisotopic (exact) mass is 298 g/mol. The molecule has 1 aromatic heterocycles. The highest BCUT2D eigenvalue weighted by Gasteiger charge is 2.02. The molecule has 0 bridgehead atoms. The van der Waals surface area contributed by atoms with E-state index in [4.69, 9.17) is 4.74 Å². The molecule has 0 spiro atoms. The van der Waals surface area contributed by atoms with Crippen LogP contribution in [0.3, 0.4) is 0 Å². The molecule has 22 heavy (non-hydrogen) atoms. The SMILES string of the molecule is CC(C)CCOc1ccc(CCc2ccc(C=O)cc2)nn1. The van der Waals surface area contributed by atoms with E-state index in [0.717, 1.165) is 31.2 Å². The van der Waals surface area contributed by atoms with E-state index >= 15 is 0 Å².